The summed E-state index contributed by atoms with van der Waals surface area (Å²) in [6, 6.07) is 19.6. The van der Waals surface area contributed by atoms with E-state index >= 15 is 0 Å². The third-order valence-electron chi connectivity index (χ3n) is 10.3. The van der Waals surface area contributed by atoms with Gasteiger partial charge in [0.1, 0.15) is 35.5 Å². The summed E-state index contributed by atoms with van der Waals surface area (Å²) < 4.78 is 36.1. The zero-order chi connectivity index (χ0) is 41.4. The van der Waals surface area contributed by atoms with E-state index in [0.29, 0.717) is 36.5 Å². The smallest absolute Gasteiger partial charge is 0.319 e. The average Bonchev–Trinajstić information content (AvgIpc) is 4.03. The molecular formula is C38H40N10O10S. The predicted octanol–water partition coefficient (Wildman–Crippen LogP) is 2.00. The molecular weight excluding hydrogens is 789 g/mol. The van der Waals surface area contributed by atoms with Gasteiger partial charge in [-0.3, -0.25) is 4.57 Å². The van der Waals surface area contributed by atoms with E-state index in [2.05, 4.69) is 26.1 Å². The Morgan fingerprint density at radius 1 is 0.949 bits per heavy atom. The fourth-order valence-corrected chi connectivity index (χ4v) is 7.71. The summed E-state index contributed by atoms with van der Waals surface area (Å²) in [5, 5.41) is 69.8. The van der Waals surface area contributed by atoms with Crippen LogP contribution in [0.4, 0.5) is 22.2 Å². The molecule has 0 aliphatic carbocycles. The maximum atomic E-state index is 13.0. The Morgan fingerprint density at radius 2 is 1.63 bits per heavy atom. The average molecular weight is 829 g/mol. The molecule has 2 aliphatic rings. The summed E-state index contributed by atoms with van der Waals surface area (Å²) in [5.41, 5.74) is 2.89. The lowest BCUT2D eigenvalue weighted by molar-refractivity contribution is -0.0434. The number of aliphatic hydroxyl groups is 3. The van der Waals surface area contributed by atoms with E-state index in [9.17, 15) is 38.7 Å². The molecule has 5 atom stereocenters. The maximum Gasteiger partial charge on any atom is 0.319 e. The van der Waals surface area contributed by atoms with Crippen molar-refractivity contribution in [3.63, 3.8) is 0 Å². The number of phenolic OH excluding ortho intramolecular Hbond substituents is 2. The standard InChI is InChI=1S/C38H40N10O10S/c39-59(55,56)27-11-5-22(6-12-27)42-38(54)43-23-13-14-47(17-23)37-44-34(40-16-28(20-1-7-25(50)8-2-20)21-3-9-26(51)10-4-21)30-35(45-37)48(19-41-30)36-32(53)31(52)33(57-36)29-15-24(18-49)46-58-29/h1-12,15,19,23,28,31-33,36,49-53H,13-14,16-18H2,(H2,39,55,56)(H,40,44,45)(H2,42,43,54)/t23-,31+,32+,33-,36-/m1/s1. The van der Waals surface area contributed by atoms with Gasteiger partial charge in [0.25, 0.3) is 0 Å². The lowest BCUT2D eigenvalue weighted by Crippen LogP contribution is -2.40. The highest BCUT2D eigenvalue weighted by Crippen LogP contribution is 2.41. The number of aromatic nitrogens is 5. The first kappa shape index (κ1) is 39.5. The SMILES string of the molecule is NS(=O)(=O)c1ccc(NC(=O)N[C@@H]2CCN(c3nc(NCC(c4ccc(O)cc4)c4ccc(O)cc4)c4ncn([C@@H]5O[C@H](c6cc(CO)no6)[C@@H](O)[C@@H]5O)c4n3)C2)cc1. The summed E-state index contributed by atoms with van der Waals surface area (Å²) in [6.45, 7) is 0.634. The zero-order valence-electron chi connectivity index (χ0n) is 31.0. The van der Waals surface area contributed by atoms with Crippen LogP contribution in [0.2, 0.25) is 0 Å². The maximum absolute atomic E-state index is 13.0. The largest absolute Gasteiger partial charge is 0.508 e. The Bertz CT molecular complexity index is 2510. The van der Waals surface area contributed by atoms with Crippen molar-refractivity contribution in [2.45, 2.75) is 54.4 Å². The van der Waals surface area contributed by atoms with Gasteiger partial charge in [0.2, 0.25) is 16.0 Å². The lowest BCUT2D eigenvalue weighted by atomic mass is 9.91. The van der Waals surface area contributed by atoms with Crippen molar-refractivity contribution in [1.29, 1.82) is 0 Å². The summed E-state index contributed by atoms with van der Waals surface area (Å²) in [7, 11) is -3.89. The van der Waals surface area contributed by atoms with Gasteiger partial charge in [0.15, 0.2) is 29.0 Å². The first-order chi connectivity index (χ1) is 28.3. The fraction of sp³-hybridized carbons (Fsp3) is 0.289. The molecule has 308 valence electrons. The highest BCUT2D eigenvalue weighted by atomic mass is 32.2. The minimum Gasteiger partial charge on any atom is -0.508 e. The molecule has 2 fully saturated rings. The first-order valence-corrected chi connectivity index (χ1v) is 20.0. The number of phenols is 2. The van der Waals surface area contributed by atoms with Gasteiger partial charge >= 0.3 is 6.03 Å². The molecule has 3 aromatic carbocycles. The molecule has 0 radical (unpaired) electrons. The van der Waals surface area contributed by atoms with Crippen molar-refractivity contribution in [1.82, 2.24) is 30.0 Å². The normalized spacial score (nSPS) is 20.7. The topological polar surface area (TPSA) is 297 Å². The highest BCUT2D eigenvalue weighted by molar-refractivity contribution is 7.89. The molecule has 5 heterocycles. The molecule has 59 heavy (non-hydrogen) atoms. The van der Waals surface area contributed by atoms with E-state index in [1.165, 1.54) is 41.2 Å². The molecule has 6 aromatic rings. The van der Waals surface area contributed by atoms with Crippen LogP contribution in [0.3, 0.4) is 0 Å². The number of sulfonamides is 1. The second-order valence-corrected chi connectivity index (χ2v) is 15.8. The quantitative estimate of drug-likeness (QED) is 0.0852. The number of fused-ring (bicyclic) bond motifs is 1. The third-order valence-corrected chi connectivity index (χ3v) is 11.2. The Hall–Kier alpha value is -6.36. The monoisotopic (exact) mass is 828 g/mol. The number of benzene rings is 3. The number of hydrogen-bond acceptors (Lipinski definition) is 16. The van der Waals surface area contributed by atoms with E-state index in [-0.39, 0.29) is 57.9 Å². The Labute approximate surface area is 336 Å². The van der Waals surface area contributed by atoms with Gasteiger partial charge in [-0.25, -0.2) is 23.3 Å². The number of amides is 2. The molecule has 20 nitrogen and oxygen atoms in total. The Morgan fingerprint density at radius 3 is 2.25 bits per heavy atom. The van der Waals surface area contributed by atoms with Crippen LogP contribution in [0.15, 0.2) is 94.6 Å². The van der Waals surface area contributed by atoms with Crippen LogP contribution in [0.5, 0.6) is 11.5 Å². The van der Waals surface area contributed by atoms with Crippen LogP contribution >= 0.6 is 0 Å². The minimum absolute atomic E-state index is 0.0882. The molecule has 8 rings (SSSR count). The molecule has 0 spiro atoms. The third kappa shape index (κ3) is 8.32. The van der Waals surface area contributed by atoms with E-state index in [0.717, 1.165) is 11.1 Å². The number of aromatic hydroxyl groups is 2. The minimum atomic E-state index is -3.89. The number of nitrogens with one attached hydrogen (secondary N) is 3. The number of carbonyl (C=O) groups is 1. The molecule has 0 saturated carbocycles. The van der Waals surface area contributed by atoms with Crippen molar-refractivity contribution >= 4 is 44.7 Å². The molecule has 2 saturated heterocycles. The molecule has 0 unspecified atom stereocenters. The van der Waals surface area contributed by atoms with Crippen LogP contribution in [0.1, 0.15) is 47.3 Å². The summed E-state index contributed by atoms with van der Waals surface area (Å²) in [6.07, 6.45) is -3.26. The van der Waals surface area contributed by atoms with E-state index < -0.39 is 47.2 Å². The van der Waals surface area contributed by atoms with Crippen molar-refractivity contribution in [3.8, 4) is 11.5 Å². The van der Waals surface area contributed by atoms with Crippen LogP contribution in [-0.2, 0) is 21.4 Å². The number of hydrogen-bond donors (Lipinski definition) is 9. The molecule has 3 aromatic heterocycles. The van der Waals surface area contributed by atoms with Gasteiger partial charge in [-0.05, 0) is 66.1 Å². The number of aliphatic hydroxyl groups excluding tert-OH is 3. The summed E-state index contributed by atoms with van der Waals surface area (Å²) in [4.78, 5) is 29.1. The van der Waals surface area contributed by atoms with Gasteiger partial charge < -0.3 is 55.6 Å². The molecule has 21 heteroatoms. The molecule has 2 aliphatic heterocycles. The lowest BCUT2D eigenvalue weighted by Gasteiger charge is -2.22. The van der Waals surface area contributed by atoms with Gasteiger partial charge in [-0.15, -0.1) is 0 Å². The number of ether oxygens (including phenoxy) is 1. The number of primary sulfonamides is 1. The number of urea groups is 1. The van der Waals surface area contributed by atoms with E-state index in [1.807, 2.05) is 4.90 Å². The van der Waals surface area contributed by atoms with E-state index in [4.69, 9.17) is 24.4 Å². The van der Waals surface area contributed by atoms with Crippen LogP contribution < -0.4 is 26.0 Å². The van der Waals surface area contributed by atoms with Crippen molar-refractivity contribution in [2.75, 3.05) is 35.2 Å². The second-order valence-electron chi connectivity index (χ2n) is 14.2. The number of anilines is 3. The fourth-order valence-electron chi connectivity index (χ4n) is 7.20. The van der Waals surface area contributed by atoms with Crippen LogP contribution in [0, 0.1) is 0 Å². The number of carbonyl (C=O) groups excluding carboxylic acids is 1. The van der Waals surface area contributed by atoms with E-state index in [1.54, 1.807) is 48.5 Å². The number of nitrogens with zero attached hydrogens (tertiary/aromatic N) is 6. The van der Waals surface area contributed by atoms with Gasteiger partial charge in [-0.2, -0.15) is 9.97 Å². The Balaban J connectivity index is 1.08. The number of nitrogens with two attached hydrogens (primary N) is 1. The van der Waals surface area contributed by atoms with Crippen molar-refractivity contribution in [3.05, 3.63) is 108 Å². The predicted molar refractivity (Wildman–Crippen MR) is 210 cm³/mol. The second kappa shape index (κ2) is 16.1. The molecule has 10 N–H and O–H groups in total. The Kier molecular flexibility index (Phi) is 10.8. The van der Waals surface area contributed by atoms with Gasteiger partial charge in [-0.1, -0.05) is 29.4 Å². The molecule has 0 bridgehead atoms. The molecule has 2 amide bonds. The van der Waals surface area contributed by atoms with Crippen LogP contribution in [0.25, 0.3) is 11.2 Å². The van der Waals surface area contributed by atoms with Crippen molar-refractivity contribution < 1.29 is 48.0 Å². The van der Waals surface area contributed by atoms with Crippen molar-refractivity contribution in [2.24, 2.45) is 5.14 Å². The van der Waals surface area contributed by atoms with Gasteiger partial charge in [0.05, 0.1) is 17.8 Å². The zero-order valence-corrected chi connectivity index (χ0v) is 31.8. The number of imidazole rings is 1. The number of rotatable bonds is 12. The highest BCUT2D eigenvalue weighted by Gasteiger charge is 2.47. The van der Waals surface area contributed by atoms with Crippen LogP contribution in [-0.4, -0.2) is 103 Å². The van der Waals surface area contributed by atoms with Gasteiger partial charge in [0, 0.05) is 43.3 Å². The first-order valence-electron chi connectivity index (χ1n) is 18.4. The summed E-state index contributed by atoms with van der Waals surface area (Å²) in [5.74, 6) is 0.630. The summed E-state index contributed by atoms with van der Waals surface area (Å²) >= 11 is 0.